The molecule has 0 spiro atoms. The number of halogens is 1. The van der Waals surface area contributed by atoms with Gasteiger partial charge in [-0.2, -0.15) is 0 Å². The van der Waals surface area contributed by atoms with Gasteiger partial charge in [0.2, 0.25) is 0 Å². The van der Waals surface area contributed by atoms with E-state index in [-0.39, 0.29) is 0 Å². The summed E-state index contributed by atoms with van der Waals surface area (Å²) in [5.74, 6) is 0. The molecule has 0 unspecified atom stereocenters. The zero-order chi connectivity index (χ0) is 6.53. The average molecular weight is 140 g/mol. The van der Waals surface area contributed by atoms with Crippen molar-refractivity contribution < 1.29 is 0 Å². The van der Waals surface area contributed by atoms with Crippen LogP contribution in [0.15, 0.2) is 35.3 Å². The molecule has 0 aromatic heterocycles. The van der Waals surface area contributed by atoms with Gasteiger partial charge in [0.15, 0.2) is 0 Å². The van der Waals surface area contributed by atoms with Gasteiger partial charge >= 0.3 is 0 Å². The van der Waals surface area contributed by atoms with Crippen LogP contribution in [0.5, 0.6) is 0 Å². The molecule has 9 heavy (non-hydrogen) atoms. The topological polar surface area (TPSA) is 12.4 Å². The van der Waals surface area contributed by atoms with Crippen molar-refractivity contribution in [2.75, 3.05) is 0 Å². The van der Waals surface area contributed by atoms with Crippen molar-refractivity contribution in [2.24, 2.45) is 4.99 Å². The van der Waals surface area contributed by atoms with Crippen LogP contribution in [0.2, 0.25) is 0 Å². The standard InChI is InChI=1S/C7H6ClN/c8-6-9-7-4-2-1-3-5-7/h1-6H. The van der Waals surface area contributed by atoms with E-state index in [1.807, 2.05) is 30.3 Å². The van der Waals surface area contributed by atoms with Gasteiger partial charge in [0.05, 0.1) is 11.4 Å². The van der Waals surface area contributed by atoms with Crippen molar-refractivity contribution in [1.29, 1.82) is 0 Å². The maximum Gasteiger partial charge on any atom is 0.0933 e. The molecular formula is C7H6ClN. The summed E-state index contributed by atoms with van der Waals surface area (Å²) in [6, 6.07) is 9.55. The molecule has 0 fully saturated rings. The van der Waals surface area contributed by atoms with Crippen LogP contribution in [-0.4, -0.2) is 5.67 Å². The molecule has 1 nitrogen and oxygen atoms in total. The Labute approximate surface area is 59.0 Å². The minimum Gasteiger partial charge on any atom is -0.245 e. The largest absolute Gasteiger partial charge is 0.245 e. The Hall–Kier alpha value is -0.820. The summed E-state index contributed by atoms with van der Waals surface area (Å²) in [7, 11) is 0. The monoisotopic (exact) mass is 139 g/mol. The van der Waals surface area contributed by atoms with E-state index in [9.17, 15) is 0 Å². The molecular weight excluding hydrogens is 134 g/mol. The van der Waals surface area contributed by atoms with Crippen molar-refractivity contribution >= 4 is 23.0 Å². The van der Waals surface area contributed by atoms with Crippen molar-refractivity contribution in [3.63, 3.8) is 0 Å². The van der Waals surface area contributed by atoms with E-state index in [0.717, 1.165) is 5.69 Å². The molecule has 0 N–H and O–H groups in total. The molecule has 1 aromatic carbocycles. The first-order chi connectivity index (χ1) is 4.43. The number of para-hydroxylation sites is 1. The van der Waals surface area contributed by atoms with Gasteiger partial charge in [-0.1, -0.05) is 29.8 Å². The van der Waals surface area contributed by atoms with Crippen molar-refractivity contribution in [1.82, 2.24) is 0 Å². The predicted molar refractivity (Wildman–Crippen MR) is 40.4 cm³/mol. The highest BCUT2D eigenvalue weighted by atomic mass is 35.5. The minimum absolute atomic E-state index is 0.882. The molecule has 1 rings (SSSR count). The number of aliphatic imine (C=N–C) groups is 1. The molecule has 0 saturated heterocycles. The van der Waals surface area contributed by atoms with Crippen LogP contribution in [0, 0.1) is 0 Å². The number of nitrogens with zero attached hydrogens (tertiary/aromatic N) is 1. The van der Waals surface area contributed by atoms with Crippen LogP contribution < -0.4 is 0 Å². The molecule has 1 aromatic rings. The van der Waals surface area contributed by atoms with Crippen molar-refractivity contribution in [3.05, 3.63) is 30.3 Å². The fraction of sp³-hybridized carbons (Fsp3) is 0. The average Bonchev–Trinajstić information content (AvgIpc) is 1.91. The number of hydrogen-bond donors (Lipinski definition) is 0. The number of hydrogen-bond acceptors (Lipinski definition) is 1. The zero-order valence-corrected chi connectivity index (χ0v) is 5.55. The normalized spacial score (nSPS) is 10.3. The van der Waals surface area contributed by atoms with Gasteiger partial charge in [-0.05, 0) is 12.1 Å². The molecule has 46 valence electrons. The van der Waals surface area contributed by atoms with E-state index in [0.29, 0.717) is 0 Å². The summed E-state index contributed by atoms with van der Waals surface area (Å²) < 4.78 is 0. The first-order valence-electron chi connectivity index (χ1n) is 2.61. The van der Waals surface area contributed by atoms with E-state index in [2.05, 4.69) is 4.99 Å². The number of benzene rings is 1. The molecule has 0 saturated carbocycles. The highest BCUT2D eigenvalue weighted by Gasteiger charge is 1.79. The molecule has 0 bridgehead atoms. The Morgan fingerprint density at radius 2 is 1.89 bits per heavy atom. The summed E-state index contributed by atoms with van der Waals surface area (Å²) in [4.78, 5) is 3.85. The van der Waals surface area contributed by atoms with Gasteiger partial charge in [-0.15, -0.1) is 0 Å². The predicted octanol–water partition coefficient (Wildman–Crippen LogP) is 2.59. The van der Waals surface area contributed by atoms with Gasteiger partial charge in [0, 0.05) is 0 Å². The van der Waals surface area contributed by atoms with Crippen molar-refractivity contribution in [2.45, 2.75) is 0 Å². The van der Waals surface area contributed by atoms with Gasteiger partial charge in [-0.25, -0.2) is 4.99 Å². The highest BCUT2D eigenvalue weighted by Crippen LogP contribution is 2.08. The van der Waals surface area contributed by atoms with Crippen LogP contribution in [0.4, 0.5) is 5.69 Å². The third-order valence-electron chi connectivity index (χ3n) is 0.954. The van der Waals surface area contributed by atoms with Gasteiger partial charge in [0.25, 0.3) is 0 Å². The van der Waals surface area contributed by atoms with E-state index in [1.54, 1.807) is 0 Å². The van der Waals surface area contributed by atoms with Crippen LogP contribution in [0.1, 0.15) is 0 Å². The first kappa shape index (κ1) is 6.30. The van der Waals surface area contributed by atoms with Gasteiger partial charge < -0.3 is 0 Å². The molecule has 0 radical (unpaired) electrons. The SMILES string of the molecule is ClC=Nc1ccccc1. The Kier molecular flexibility index (Phi) is 2.28. The summed E-state index contributed by atoms with van der Waals surface area (Å²) >= 11 is 5.24. The lowest BCUT2D eigenvalue weighted by molar-refractivity contribution is 1.55. The molecule has 0 aliphatic heterocycles. The lowest BCUT2D eigenvalue weighted by Gasteiger charge is -1.86. The summed E-state index contributed by atoms with van der Waals surface area (Å²) in [6.07, 6.45) is 0. The second-order valence-corrected chi connectivity index (χ2v) is 1.76. The minimum atomic E-state index is 0.882. The second kappa shape index (κ2) is 3.25. The van der Waals surface area contributed by atoms with Gasteiger partial charge in [0.1, 0.15) is 0 Å². The van der Waals surface area contributed by atoms with Crippen LogP contribution in [0.3, 0.4) is 0 Å². The molecule has 0 aliphatic carbocycles. The Balaban J connectivity index is 2.85. The van der Waals surface area contributed by atoms with E-state index < -0.39 is 0 Å². The molecule has 0 heterocycles. The van der Waals surface area contributed by atoms with Gasteiger partial charge in [-0.3, -0.25) is 0 Å². The second-order valence-electron chi connectivity index (χ2n) is 1.56. The van der Waals surface area contributed by atoms with Crippen molar-refractivity contribution in [3.8, 4) is 0 Å². The van der Waals surface area contributed by atoms with E-state index in [4.69, 9.17) is 11.6 Å². The van der Waals surface area contributed by atoms with E-state index in [1.165, 1.54) is 5.67 Å². The quantitative estimate of drug-likeness (QED) is 0.531. The maximum absolute atomic E-state index is 5.24. The van der Waals surface area contributed by atoms with Crippen LogP contribution >= 0.6 is 11.6 Å². The third kappa shape index (κ3) is 1.86. The molecule has 0 atom stereocenters. The maximum atomic E-state index is 5.24. The van der Waals surface area contributed by atoms with Crippen LogP contribution in [-0.2, 0) is 0 Å². The highest BCUT2D eigenvalue weighted by molar-refractivity contribution is 6.56. The molecule has 0 amide bonds. The lowest BCUT2D eigenvalue weighted by atomic mass is 10.3. The Morgan fingerprint density at radius 1 is 1.22 bits per heavy atom. The molecule has 2 heteroatoms. The lowest BCUT2D eigenvalue weighted by Crippen LogP contribution is -1.59. The summed E-state index contributed by atoms with van der Waals surface area (Å²) in [5, 5.41) is 0. The van der Waals surface area contributed by atoms with Crippen LogP contribution in [0.25, 0.3) is 0 Å². The molecule has 0 aliphatic rings. The smallest absolute Gasteiger partial charge is 0.0933 e. The summed E-state index contributed by atoms with van der Waals surface area (Å²) in [5.41, 5.74) is 2.14. The summed E-state index contributed by atoms with van der Waals surface area (Å²) in [6.45, 7) is 0. The van der Waals surface area contributed by atoms with E-state index >= 15 is 0 Å². The first-order valence-corrected chi connectivity index (χ1v) is 3.05. The Bertz CT molecular complexity index is 193. The number of rotatable bonds is 1. The zero-order valence-electron chi connectivity index (χ0n) is 4.79. The fourth-order valence-electron chi connectivity index (χ4n) is 0.570. The Morgan fingerprint density at radius 3 is 2.44 bits per heavy atom. The third-order valence-corrected chi connectivity index (χ3v) is 1.05. The fourth-order valence-corrected chi connectivity index (χ4v) is 0.683.